The highest BCUT2D eigenvalue weighted by Crippen LogP contribution is 2.20. The fourth-order valence-corrected chi connectivity index (χ4v) is 4.25. The molecule has 0 bridgehead atoms. The molecule has 6 heteroatoms. The predicted octanol–water partition coefficient (Wildman–Crippen LogP) is 3.98. The zero-order chi connectivity index (χ0) is 22.2. The number of hydrogen-bond acceptors (Lipinski definition) is 3. The summed E-state index contributed by atoms with van der Waals surface area (Å²) in [5.74, 6) is 0.883. The third-order valence-electron chi connectivity index (χ3n) is 6.00. The molecule has 2 unspecified atom stereocenters. The van der Waals surface area contributed by atoms with Crippen molar-refractivity contribution in [3.8, 4) is 5.69 Å². The van der Waals surface area contributed by atoms with Crippen molar-refractivity contribution in [2.75, 3.05) is 13.1 Å². The molecule has 1 fully saturated rings. The van der Waals surface area contributed by atoms with Crippen molar-refractivity contribution in [2.24, 2.45) is 4.99 Å². The molecule has 168 valence electrons. The molecule has 0 spiro atoms. The molecule has 2 aromatic carbocycles. The molecule has 0 saturated carbocycles. The molecule has 1 saturated heterocycles. The first kappa shape index (κ1) is 22.1. The minimum Gasteiger partial charge on any atom is -0.357 e. The van der Waals surface area contributed by atoms with E-state index in [9.17, 15) is 0 Å². The van der Waals surface area contributed by atoms with E-state index in [1.165, 1.54) is 5.56 Å². The van der Waals surface area contributed by atoms with Gasteiger partial charge in [0.05, 0.1) is 18.4 Å². The number of nitrogens with one attached hydrogen (secondary N) is 2. The molecule has 0 amide bonds. The summed E-state index contributed by atoms with van der Waals surface area (Å²) >= 11 is 0. The molecule has 1 aliphatic rings. The second kappa shape index (κ2) is 11.0. The molecule has 1 aliphatic heterocycles. The van der Waals surface area contributed by atoms with E-state index >= 15 is 0 Å². The summed E-state index contributed by atoms with van der Waals surface area (Å²) < 4.78 is 1.90. The van der Waals surface area contributed by atoms with Crippen molar-refractivity contribution >= 4 is 5.96 Å². The summed E-state index contributed by atoms with van der Waals surface area (Å²) in [6, 6.07) is 21.9. The Morgan fingerprint density at radius 2 is 1.81 bits per heavy atom. The lowest BCUT2D eigenvalue weighted by atomic mass is 9.97. The molecular weight excluding hydrogens is 396 g/mol. The Bertz CT molecular complexity index is 982. The molecule has 2 heterocycles. The minimum absolute atomic E-state index is 0.432. The van der Waals surface area contributed by atoms with Crippen molar-refractivity contribution in [1.82, 2.24) is 25.3 Å². The first-order chi connectivity index (χ1) is 15.7. The van der Waals surface area contributed by atoms with Crippen LogP contribution in [-0.2, 0) is 13.1 Å². The van der Waals surface area contributed by atoms with Crippen LogP contribution in [-0.4, -0.2) is 45.8 Å². The number of hydrogen-bond donors (Lipinski definition) is 2. The molecule has 0 radical (unpaired) electrons. The highest BCUT2D eigenvalue weighted by atomic mass is 15.3. The summed E-state index contributed by atoms with van der Waals surface area (Å²) in [5.41, 5.74) is 3.54. The summed E-state index contributed by atoms with van der Waals surface area (Å²) in [7, 11) is 0. The standard InChI is InChI=1S/C26H34N6/c1-3-27-26(28-17-23-18-29-32(20-23)25-12-8-5-9-13-25)30-24-14-15-31(21(2)16-24)19-22-10-6-4-7-11-22/h4-13,18,20-21,24H,3,14-17,19H2,1-2H3,(H2,27,28,30). The van der Waals surface area contributed by atoms with Crippen LogP contribution in [0.5, 0.6) is 0 Å². The van der Waals surface area contributed by atoms with E-state index < -0.39 is 0 Å². The van der Waals surface area contributed by atoms with Gasteiger partial charge in [-0.2, -0.15) is 5.10 Å². The molecule has 2 atom stereocenters. The van der Waals surface area contributed by atoms with Crippen LogP contribution in [0, 0.1) is 0 Å². The van der Waals surface area contributed by atoms with E-state index in [2.05, 4.69) is 76.9 Å². The van der Waals surface area contributed by atoms with Crippen molar-refractivity contribution in [3.63, 3.8) is 0 Å². The van der Waals surface area contributed by atoms with E-state index in [0.29, 0.717) is 18.6 Å². The van der Waals surface area contributed by atoms with Gasteiger partial charge in [-0.05, 0) is 44.4 Å². The van der Waals surface area contributed by atoms with E-state index in [0.717, 1.165) is 49.7 Å². The number of benzene rings is 2. The lowest BCUT2D eigenvalue weighted by Gasteiger charge is -2.38. The van der Waals surface area contributed by atoms with Gasteiger partial charge in [0.1, 0.15) is 0 Å². The molecule has 3 aromatic rings. The average Bonchev–Trinajstić information content (AvgIpc) is 3.30. The first-order valence-electron chi connectivity index (χ1n) is 11.6. The van der Waals surface area contributed by atoms with Crippen molar-refractivity contribution in [3.05, 3.63) is 84.2 Å². The van der Waals surface area contributed by atoms with Crippen LogP contribution in [0.15, 0.2) is 78.0 Å². The Morgan fingerprint density at radius 3 is 2.53 bits per heavy atom. The highest BCUT2D eigenvalue weighted by Gasteiger charge is 2.26. The first-order valence-corrected chi connectivity index (χ1v) is 11.6. The maximum atomic E-state index is 4.82. The third kappa shape index (κ3) is 5.98. The van der Waals surface area contributed by atoms with Gasteiger partial charge in [0.25, 0.3) is 0 Å². The number of para-hydroxylation sites is 1. The Balaban J connectivity index is 1.32. The van der Waals surface area contributed by atoms with Gasteiger partial charge in [-0.15, -0.1) is 0 Å². The zero-order valence-corrected chi connectivity index (χ0v) is 19.1. The molecular formula is C26H34N6. The normalized spacial score (nSPS) is 19.6. The highest BCUT2D eigenvalue weighted by molar-refractivity contribution is 5.80. The van der Waals surface area contributed by atoms with Crippen LogP contribution in [0.25, 0.3) is 5.69 Å². The zero-order valence-electron chi connectivity index (χ0n) is 19.1. The van der Waals surface area contributed by atoms with Gasteiger partial charge in [-0.3, -0.25) is 4.90 Å². The van der Waals surface area contributed by atoms with Gasteiger partial charge < -0.3 is 10.6 Å². The Labute approximate surface area is 191 Å². The Morgan fingerprint density at radius 1 is 1.06 bits per heavy atom. The molecule has 0 aliphatic carbocycles. The lowest BCUT2D eigenvalue weighted by Crippen LogP contribution is -2.51. The van der Waals surface area contributed by atoms with Crippen LogP contribution in [0.3, 0.4) is 0 Å². The minimum atomic E-state index is 0.432. The fraction of sp³-hybridized carbons (Fsp3) is 0.385. The second-order valence-corrected chi connectivity index (χ2v) is 8.49. The summed E-state index contributed by atoms with van der Waals surface area (Å²) in [6.07, 6.45) is 6.17. The maximum absolute atomic E-state index is 4.82. The van der Waals surface area contributed by atoms with Gasteiger partial charge in [0.2, 0.25) is 0 Å². The molecule has 1 aromatic heterocycles. The topological polar surface area (TPSA) is 57.5 Å². The number of likely N-dealkylation sites (tertiary alicyclic amines) is 1. The van der Waals surface area contributed by atoms with Crippen molar-refractivity contribution in [2.45, 2.75) is 51.9 Å². The third-order valence-corrected chi connectivity index (χ3v) is 6.00. The Kier molecular flexibility index (Phi) is 7.56. The SMILES string of the molecule is CCNC(=NCc1cnn(-c2ccccc2)c1)NC1CCN(Cc2ccccc2)C(C)C1. The van der Waals surface area contributed by atoms with E-state index in [1.54, 1.807) is 0 Å². The lowest BCUT2D eigenvalue weighted by molar-refractivity contribution is 0.134. The van der Waals surface area contributed by atoms with E-state index in [-0.39, 0.29) is 0 Å². The van der Waals surface area contributed by atoms with Crippen LogP contribution in [0.1, 0.15) is 37.8 Å². The molecule has 6 nitrogen and oxygen atoms in total. The summed E-state index contributed by atoms with van der Waals surface area (Å²) in [6.45, 7) is 8.00. The monoisotopic (exact) mass is 430 g/mol. The van der Waals surface area contributed by atoms with E-state index in [4.69, 9.17) is 4.99 Å². The largest absolute Gasteiger partial charge is 0.357 e. The van der Waals surface area contributed by atoms with Crippen molar-refractivity contribution in [1.29, 1.82) is 0 Å². The van der Waals surface area contributed by atoms with E-state index in [1.807, 2.05) is 35.3 Å². The number of rotatable bonds is 7. The van der Waals surface area contributed by atoms with Gasteiger partial charge in [0, 0.05) is 43.5 Å². The second-order valence-electron chi connectivity index (χ2n) is 8.49. The summed E-state index contributed by atoms with van der Waals surface area (Å²) in [5, 5.41) is 11.5. The number of aromatic nitrogens is 2. The summed E-state index contributed by atoms with van der Waals surface area (Å²) in [4.78, 5) is 7.40. The van der Waals surface area contributed by atoms with Gasteiger partial charge in [0.15, 0.2) is 5.96 Å². The van der Waals surface area contributed by atoms with Crippen LogP contribution < -0.4 is 10.6 Å². The van der Waals surface area contributed by atoms with Gasteiger partial charge >= 0.3 is 0 Å². The number of guanidine groups is 1. The smallest absolute Gasteiger partial charge is 0.191 e. The number of nitrogens with zero attached hydrogens (tertiary/aromatic N) is 4. The Hall–Kier alpha value is -3.12. The average molecular weight is 431 g/mol. The van der Waals surface area contributed by atoms with Crippen LogP contribution >= 0.6 is 0 Å². The molecule has 2 N–H and O–H groups in total. The number of aliphatic imine (C=N–C) groups is 1. The fourth-order valence-electron chi connectivity index (χ4n) is 4.25. The van der Waals surface area contributed by atoms with Crippen molar-refractivity contribution < 1.29 is 0 Å². The van der Waals surface area contributed by atoms with Crippen LogP contribution in [0.4, 0.5) is 0 Å². The van der Waals surface area contributed by atoms with Gasteiger partial charge in [-0.25, -0.2) is 9.67 Å². The van der Waals surface area contributed by atoms with Gasteiger partial charge in [-0.1, -0.05) is 48.5 Å². The predicted molar refractivity (Wildman–Crippen MR) is 131 cm³/mol. The van der Waals surface area contributed by atoms with Crippen LogP contribution in [0.2, 0.25) is 0 Å². The number of piperidine rings is 1. The quantitative estimate of drug-likeness (QED) is 0.440. The maximum Gasteiger partial charge on any atom is 0.191 e. The molecule has 4 rings (SSSR count). The molecule has 32 heavy (non-hydrogen) atoms.